The first-order chi connectivity index (χ1) is 8.88. The molecule has 110 valence electrons. The van der Waals surface area contributed by atoms with Crippen molar-refractivity contribution >= 4 is 23.8 Å². The number of aliphatic carboxylic acids is 1. The number of hydrogen-bond acceptors (Lipinski definition) is 4. The van der Waals surface area contributed by atoms with Crippen LogP contribution in [-0.4, -0.2) is 70.8 Å². The van der Waals surface area contributed by atoms with Crippen LogP contribution in [-0.2, 0) is 4.79 Å². The van der Waals surface area contributed by atoms with E-state index in [2.05, 4.69) is 5.32 Å². The molecule has 6 nitrogen and oxygen atoms in total. The first kappa shape index (κ1) is 16.1. The Morgan fingerprint density at radius 1 is 1.53 bits per heavy atom. The Labute approximate surface area is 118 Å². The number of thioether (sulfide) groups is 1. The summed E-state index contributed by atoms with van der Waals surface area (Å²) in [6.45, 7) is 4.48. The molecule has 7 heteroatoms. The molecule has 2 N–H and O–H groups in total. The number of amides is 2. The third-order valence-electron chi connectivity index (χ3n) is 3.39. The number of nitrogens with one attached hydrogen (secondary N) is 1. The summed E-state index contributed by atoms with van der Waals surface area (Å²) < 4.78 is 0. The van der Waals surface area contributed by atoms with Crippen LogP contribution in [0.3, 0.4) is 0 Å². The molecule has 2 amide bonds. The molecule has 0 aliphatic carbocycles. The largest absolute Gasteiger partial charge is 0.480 e. The van der Waals surface area contributed by atoms with Crippen LogP contribution in [0, 0.1) is 0 Å². The summed E-state index contributed by atoms with van der Waals surface area (Å²) in [7, 11) is 3.88. The molecular weight excluding hydrogens is 266 g/mol. The molecule has 3 atom stereocenters. The molecule has 1 heterocycles. The van der Waals surface area contributed by atoms with Crippen LogP contribution in [0.15, 0.2) is 0 Å². The first-order valence-electron chi connectivity index (χ1n) is 6.45. The molecule has 1 rings (SSSR count). The highest BCUT2D eigenvalue weighted by atomic mass is 32.2. The second-order valence-corrected chi connectivity index (χ2v) is 6.17. The fourth-order valence-electron chi connectivity index (χ4n) is 1.85. The van der Waals surface area contributed by atoms with Crippen molar-refractivity contribution in [2.45, 2.75) is 37.7 Å². The van der Waals surface area contributed by atoms with Gasteiger partial charge in [0.1, 0.15) is 6.04 Å². The maximum absolute atomic E-state index is 12.2. The van der Waals surface area contributed by atoms with Crippen LogP contribution in [0.5, 0.6) is 0 Å². The molecule has 0 aromatic heterocycles. The molecule has 3 unspecified atom stereocenters. The summed E-state index contributed by atoms with van der Waals surface area (Å²) in [5.41, 5.74) is 0. The third kappa shape index (κ3) is 4.01. The predicted molar refractivity (Wildman–Crippen MR) is 76.3 cm³/mol. The highest BCUT2D eigenvalue weighted by molar-refractivity contribution is 8.00. The first-order valence-corrected chi connectivity index (χ1v) is 7.50. The predicted octanol–water partition coefficient (Wildman–Crippen LogP) is 0.884. The zero-order valence-electron chi connectivity index (χ0n) is 11.9. The third-order valence-corrected chi connectivity index (χ3v) is 4.84. The van der Waals surface area contributed by atoms with Gasteiger partial charge >= 0.3 is 12.0 Å². The number of rotatable bonds is 5. The van der Waals surface area contributed by atoms with E-state index in [4.69, 9.17) is 5.11 Å². The van der Waals surface area contributed by atoms with E-state index in [9.17, 15) is 9.59 Å². The van der Waals surface area contributed by atoms with E-state index in [-0.39, 0.29) is 17.4 Å². The fourth-order valence-corrected chi connectivity index (χ4v) is 3.20. The number of carbonyl (C=O) groups is 2. The number of hydrogen-bond donors (Lipinski definition) is 2. The van der Waals surface area contributed by atoms with Crippen LogP contribution in [0.25, 0.3) is 0 Å². The Hall–Kier alpha value is -0.950. The summed E-state index contributed by atoms with van der Waals surface area (Å²) >= 11 is 1.53. The minimum Gasteiger partial charge on any atom is -0.480 e. The van der Waals surface area contributed by atoms with Gasteiger partial charge in [-0.2, -0.15) is 0 Å². The van der Waals surface area contributed by atoms with Gasteiger partial charge in [0.05, 0.1) is 5.37 Å². The van der Waals surface area contributed by atoms with Crippen LogP contribution >= 0.6 is 11.8 Å². The highest BCUT2D eigenvalue weighted by Crippen LogP contribution is 2.31. The minimum absolute atomic E-state index is 0.0456. The van der Waals surface area contributed by atoms with Gasteiger partial charge in [-0.25, -0.2) is 9.59 Å². The van der Waals surface area contributed by atoms with Gasteiger partial charge in [0.15, 0.2) is 0 Å². The molecule has 0 spiro atoms. The van der Waals surface area contributed by atoms with E-state index in [0.29, 0.717) is 12.3 Å². The van der Waals surface area contributed by atoms with Gasteiger partial charge in [-0.1, -0.05) is 6.92 Å². The monoisotopic (exact) mass is 289 g/mol. The van der Waals surface area contributed by atoms with E-state index in [1.807, 2.05) is 32.8 Å². The molecule has 0 radical (unpaired) electrons. The second kappa shape index (κ2) is 7.00. The molecular formula is C12H23N3O3S. The minimum atomic E-state index is -0.931. The van der Waals surface area contributed by atoms with Crippen molar-refractivity contribution in [1.29, 1.82) is 0 Å². The molecule has 0 saturated carbocycles. The van der Waals surface area contributed by atoms with Crippen molar-refractivity contribution in [3.63, 3.8) is 0 Å². The maximum Gasteiger partial charge on any atom is 0.327 e. The van der Waals surface area contributed by atoms with Gasteiger partial charge in [0.2, 0.25) is 0 Å². The smallest absolute Gasteiger partial charge is 0.327 e. The Morgan fingerprint density at radius 2 is 2.16 bits per heavy atom. The van der Waals surface area contributed by atoms with Crippen molar-refractivity contribution < 1.29 is 14.7 Å². The molecule has 19 heavy (non-hydrogen) atoms. The lowest BCUT2D eigenvalue weighted by Crippen LogP contribution is -2.52. The van der Waals surface area contributed by atoms with E-state index >= 15 is 0 Å². The number of carboxylic acid groups (broad SMARTS) is 1. The number of carbonyl (C=O) groups excluding carboxylic acids is 1. The summed E-state index contributed by atoms with van der Waals surface area (Å²) in [6, 6.07) is -0.787. The lowest BCUT2D eigenvalue weighted by atomic mass is 10.2. The zero-order valence-corrected chi connectivity index (χ0v) is 12.7. The molecule has 1 fully saturated rings. The van der Waals surface area contributed by atoms with Gasteiger partial charge in [0.25, 0.3) is 0 Å². The average molecular weight is 289 g/mol. The van der Waals surface area contributed by atoms with Gasteiger partial charge < -0.3 is 15.3 Å². The van der Waals surface area contributed by atoms with Crippen molar-refractivity contribution in [3.05, 3.63) is 0 Å². The standard InChI is InChI=1S/C12H23N3O3S/c1-5-10-15(9(7-19-10)11(16)17)12(18)13-6-8(2)14(3)4/h8-10H,5-7H2,1-4H3,(H,13,18)(H,16,17). The Morgan fingerprint density at radius 3 is 2.63 bits per heavy atom. The van der Waals surface area contributed by atoms with E-state index in [1.54, 1.807) is 0 Å². The highest BCUT2D eigenvalue weighted by Gasteiger charge is 2.40. The van der Waals surface area contributed by atoms with Crippen molar-refractivity contribution in [2.24, 2.45) is 0 Å². The summed E-state index contributed by atoms with van der Waals surface area (Å²) in [5.74, 6) is -0.468. The van der Waals surface area contributed by atoms with E-state index in [1.165, 1.54) is 16.7 Å². The molecule has 1 aliphatic heterocycles. The van der Waals surface area contributed by atoms with E-state index in [0.717, 1.165) is 6.42 Å². The van der Waals surface area contributed by atoms with Crippen LogP contribution < -0.4 is 5.32 Å². The molecule has 0 aromatic rings. The van der Waals surface area contributed by atoms with Crippen molar-refractivity contribution in [2.75, 3.05) is 26.4 Å². The molecule has 1 saturated heterocycles. The van der Waals surface area contributed by atoms with Crippen LogP contribution in [0.1, 0.15) is 20.3 Å². The van der Waals surface area contributed by atoms with Gasteiger partial charge in [0, 0.05) is 18.3 Å². The number of carboxylic acids is 1. The van der Waals surface area contributed by atoms with Crippen LogP contribution in [0.2, 0.25) is 0 Å². The Balaban J connectivity index is 2.63. The molecule has 1 aliphatic rings. The van der Waals surface area contributed by atoms with Gasteiger partial charge in [-0.05, 0) is 27.4 Å². The van der Waals surface area contributed by atoms with Crippen molar-refractivity contribution in [3.8, 4) is 0 Å². The topological polar surface area (TPSA) is 72.9 Å². The van der Waals surface area contributed by atoms with Crippen LogP contribution in [0.4, 0.5) is 4.79 Å². The SMILES string of the molecule is CCC1SCC(C(=O)O)N1C(=O)NCC(C)N(C)C. The normalized spacial score (nSPS) is 24.6. The van der Waals surface area contributed by atoms with Gasteiger partial charge in [-0.15, -0.1) is 11.8 Å². The Kier molecular flexibility index (Phi) is 5.93. The zero-order chi connectivity index (χ0) is 14.6. The fraction of sp³-hybridized carbons (Fsp3) is 0.833. The summed E-state index contributed by atoms with van der Waals surface area (Å²) in [5, 5.41) is 11.9. The quantitative estimate of drug-likeness (QED) is 0.786. The lowest BCUT2D eigenvalue weighted by molar-refractivity contribution is -0.141. The van der Waals surface area contributed by atoms with Gasteiger partial charge in [-0.3, -0.25) is 4.90 Å². The second-order valence-electron chi connectivity index (χ2n) is 4.96. The number of likely N-dealkylation sites (N-methyl/N-ethyl adjacent to an activating group) is 1. The summed E-state index contributed by atoms with van der Waals surface area (Å²) in [4.78, 5) is 26.8. The summed E-state index contributed by atoms with van der Waals surface area (Å²) in [6.07, 6.45) is 0.755. The Bertz CT molecular complexity index is 338. The molecule has 0 aromatic carbocycles. The maximum atomic E-state index is 12.2. The lowest BCUT2D eigenvalue weighted by Gasteiger charge is -2.28. The average Bonchev–Trinajstić information content (AvgIpc) is 2.79. The molecule has 0 bridgehead atoms. The van der Waals surface area contributed by atoms with E-state index < -0.39 is 12.0 Å². The number of urea groups is 1. The van der Waals surface area contributed by atoms with Crippen molar-refractivity contribution in [1.82, 2.24) is 15.1 Å². The number of nitrogens with zero attached hydrogens (tertiary/aromatic N) is 2.